The molecule has 0 radical (unpaired) electrons. The summed E-state index contributed by atoms with van der Waals surface area (Å²) in [5.41, 5.74) is 3.59. The highest BCUT2D eigenvalue weighted by atomic mass is 16.5. The van der Waals surface area contributed by atoms with E-state index in [4.69, 9.17) is 4.74 Å². The van der Waals surface area contributed by atoms with Crippen LogP contribution < -0.4 is 10.1 Å². The van der Waals surface area contributed by atoms with Crippen LogP contribution in [-0.4, -0.2) is 35.8 Å². The smallest absolute Gasteiger partial charge is 0.267 e. The van der Waals surface area contributed by atoms with E-state index in [1.165, 1.54) is 5.56 Å². The molecule has 1 amide bonds. The third-order valence-electron chi connectivity index (χ3n) is 5.89. The van der Waals surface area contributed by atoms with Crippen LogP contribution in [0, 0.1) is 16.7 Å². The molecular weight excluding hydrogens is 414 g/mol. The van der Waals surface area contributed by atoms with Crippen molar-refractivity contribution in [3.8, 4) is 11.8 Å². The van der Waals surface area contributed by atoms with Crippen LogP contribution in [0.15, 0.2) is 42.5 Å². The van der Waals surface area contributed by atoms with E-state index < -0.39 is 5.41 Å². The second kappa shape index (κ2) is 9.29. The average Bonchev–Trinajstić information content (AvgIpc) is 3.14. The van der Waals surface area contributed by atoms with E-state index in [-0.39, 0.29) is 17.9 Å². The number of methoxy groups -OCH3 is 1. The molecule has 6 heteroatoms. The molecule has 0 spiro atoms. The fourth-order valence-electron chi connectivity index (χ4n) is 3.70. The van der Waals surface area contributed by atoms with E-state index in [0.29, 0.717) is 24.3 Å². The monoisotopic (exact) mass is 447 g/mol. The summed E-state index contributed by atoms with van der Waals surface area (Å²) in [4.78, 5) is 13.2. The van der Waals surface area contributed by atoms with Gasteiger partial charge < -0.3 is 19.7 Å². The molecule has 3 rings (SSSR count). The van der Waals surface area contributed by atoms with Gasteiger partial charge in [-0.3, -0.25) is 4.79 Å². The van der Waals surface area contributed by atoms with Crippen molar-refractivity contribution in [1.29, 1.82) is 5.26 Å². The summed E-state index contributed by atoms with van der Waals surface area (Å²) in [6.07, 6.45) is 0. The first kappa shape index (κ1) is 24.3. The van der Waals surface area contributed by atoms with E-state index in [1.54, 1.807) is 19.2 Å². The normalized spacial score (nSPS) is 11.9. The molecule has 6 nitrogen and oxygen atoms in total. The fraction of sp³-hybridized carbons (Fsp3) is 0.407. The Labute approximate surface area is 195 Å². The van der Waals surface area contributed by atoms with Crippen molar-refractivity contribution in [2.75, 3.05) is 20.3 Å². The van der Waals surface area contributed by atoms with Crippen LogP contribution >= 0.6 is 0 Å². The Morgan fingerprint density at radius 2 is 1.85 bits per heavy atom. The maximum Gasteiger partial charge on any atom is 0.267 e. The van der Waals surface area contributed by atoms with Crippen molar-refractivity contribution in [2.45, 2.75) is 46.6 Å². The van der Waals surface area contributed by atoms with Gasteiger partial charge >= 0.3 is 0 Å². The first-order valence-corrected chi connectivity index (χ1v) is 11.1. The van der Waals surface area contributed by atoms with Gasteiger partial charge in [-0.1, -0.05) is 40.7 Å². The Morgan fingerprint density at radius 3 is 2.45 bits per heavy atom. The molecule has 0 atom stereocenters. The van der Waals surface area contributed by atoms with E-state index in [0.717, 1.165) is 22.2 Å². The predicted molar refractivity (Wildman–Crippen MR) is 131 cm³/mol. The minimum atomic E-state index is -0.426. The van der Waals surface area contributed by atoms with Crippen LogP contribution in [0.1, 0.15) is 61.8 Å². The molecule has 2 aromatic carbocycles. The van der Waals surface area contributed by atoms with Crippen LogP contribution in [0.2, 0.25) is 0 Å². The van der Waals surface area contributed by atoms with Crippen LogP contribution in [0.3, 0.4) is 0 Å². The van der Waals surface area contributed by atoms with Gasteiger partial charge in [0.2, 0.25) is 0 Å². The van der Waals surface area contributed by atoms with Gasteiger partial charge in [-0.15, -0.1) is 0 Å². The summed E-state index contributed by atoms with van der Waals surface area (Å²) in [7, 11) is 1.65. The van der Waals surface area contributed by atoms with Crippen molar-refractivity contribution < 1.29 is 14.6 Å². The number of carbonyl (C=O) groups excluding carboxylic acids is 1. The zero-order valence-corrected chi connectivity index (χ0v) is 20.3. The van der Waals surface area contributed by atoms with Crippen LogP contribution in [-0.2, 0) is 12.0 Å². The second-order valence-corrected chi connectivity index (χ2v) is 10.3. The Morgan fingerprint density at radius 1 is 1.12 bits per heavy atom. The first-order valence-electron chi connectivity index (χ1n) is 11.1. The van der Waals surface area contributed by atoms with Gasteiger partial charge in [-0.05, 0) is 47.4 Å². The molecule has 0 unspecified atom stereocenters. The van der Waals surface area contributed by atoms with Gasteiger partial charge in [0.15, 0.2) is 0 Å². The molecule has 3 aromatic rings. The molecule has 0 saturated carbocycles. The summed E-state index contributed by atoms with van der Waals surface area (Å²) in [5, 5.41) is 22.6. The van der Waals surface area contributed by atoms with Gasteiger partial charge in [0, 0.05) is 35.0 Å². The van der Waals surface area contributed by atoms with Crippen molar-refractivity contribution in [3.05, 3.63) is 64.8 Å². The average molecular weight is 448 g/mol. The maximum absolute atomic E-state index is 13.2. The third kappa shape index (κ3) is 5.37. The number of nitrogens with zero attached hydrogens (tertiary/aromatic N) is 2. The number of fused-ring (bicyclic) bond motifs is 1. The molecule has 2 N–H and O–H groups in total. The molecule has 0 fully saturated rings. The molecule has 0 aliphatic rings. The zero-order chi connectivity index (χ0) is 24.4. The number of aliphatic hydroxyl groups is 1. The van der Waals surface area contributed by atoms with E-state index in [9.17, 15) is 15.2 Å². The number of hydrogen-bond acceptors (Lipinski definition) is 4. The Hall–Kier alpha value is -3.30. The molecule has 174 valence electrons. The van der Waals surface area contributed by atoms with Crippen LogP contribution in [0.5, 0.6) is 5.75 Å². The summed E-state index contributed by atoms with van der Waals surface area (Å²) in [6, 6.07) is 15.6. The van der Waals surface area contributed by atoms with Crippen molar-refractivity contribution >= 4 is 16.8 Å². The number of rotatable bonds is 7. The fourth-order valence-corrected chi connectivity index (χ4v) is 3.70. The zero-order valence-electron chi connectivity index (χ0n) is 20.3. The lowest BCUT2D eigenvalue weighted by Crippen LogP contribution is -2.36. The van der Waals surface area contributed by atoms with Gasteiger partial charge in [-0.25, -0.2) is 0 Å². The number of hydrogen-bond donors (Lipinski definition) is 2. The summed E-state index contributed by atoms with van der Waals surface area (Å²) >= 11 is 0. The molecule has 33 heavy (non-hydrogen) atoms. The molecule has 0 bridgehead atoms. The number of nitriles is 1. The first-order chi connectivity index (χ1) is 15.5. The number of amides is 1. The molecule has 0 aliphatic heterocycles. The number of benzene rings is 2. The largest absolute Gasteiger partial charge is 0.496 e. The number of aliphatic hydroxyl groups excluding tert-OH is 1. The van der Waals surface area contributed by atoms with E-state index >= 15 is 0 Å². The number of aromatic nitrogens is 1. The van der Waals surface area contributed by atoms with Gasteiger partial charge in [0.1, 0.15) is 11.4 Å². The number of nitrogens with one attached hydrogen (secondary N) is 1. The van der Waals surface area contributed by atoms with Gasteiger partial charge in [-0.2, -0.15) is 5.26 Å². The van der Waals surface area contributed by atoms with E-state index in [1.807, 2.05) is 36.6 Å². The Bertz CT molecular complexity index is 1210. The SMILES string of the molecule is COc1ccc(C(C)(C)C)cc1Cn1c(C(=O)NCC(C)(C)CO)cc2cc(C#N)ccc21. The van der Waals surface area contributed by atoms with Gasteiger partial charge in [0.25, 0.3) is 5.91 Å². The highest BCUT2D eigenvalue weighted by molar-refractivity contribution is 5.99. The van der Waals surface area contributed by atoms with Crippen molar-refractivity contribution in [1.82, 2.24) is 9.88 Å². The van der Waals surface area contributed by atoms with Crippen LogP contribution in [0.4, 0.5) is 0 Å². The quantitative estimate of drug-likeness (QED) is 0.553. The molecule has 1 aromatic heterocycles. The molecule has 0 aliphatic carbocycles. The number of carbonyl (C=O) groups is 1. The molecule has 1 heterocycles. The maximum atomic E-state index is 13.2. The molecular formula is C27H33N3O3. The standard InChI is InChI=1S/C27H33N3O3/c1-26(2,3)21-8-10-24(33-6)20(12-21)15-30-22-9-7-18(14-28)11-19(22)13-23(30)25(32)29-16-27(4,5)17-31/h7-13,31H,15-17H2,1-6H3,(H,29,32). The minimum absolute atomic E-state index is 0.0292. The lowest BCUT2D eigenvalue weighted by molar-refractivity contribution is 0.0902. The summed E-state index contributed by atoms with van der Waals surface area (Å²) in [6.45, 7) is 11.0. The minimum Gasteiger partial charge on any atom is -0.496 e. The molecule has 0 saturated heterocycles. The predicted octanol–water partition coefficient (Wildman–Crippen LogP) is 4.62. The lowest BCUT2D eigenvalue weighted by atomic mass is 9.86. The summed E-state index contributed by atoms with van der Waals surface area (Å²) in [5.74, 6) is 0.531. The van der Waals surface area contributed by atoms with Gasteiger partial charge in [0.05, 0.1) is 25.3 Å². The summed E-state index contributed by atoms with van der Waals surface area (Å²) < 4.78 is 7.59. The topological polar surface area (TPSA) is 87.3 Å². The lowest BCUT2D eigenvalue weighted by Gasteiger charge is -2.23. The second-order valence-electron chi connectivity index (χ2n) is 10.3. The third-order valence-corrected chi connectivity index (χ3v) is 5.89. The highest BCUT2D eigenvalue weighted by Crippen LogP contribution is 2.30. The van der Waals surface area contributed by atoms with Crippen LogP contribution in [0.25, 0.3) is 10.9 Å². The van der Waals surface area contributed by atoms with Crippen molar-refractivity contribution in [3.63, 3.8) is 0 Å². The number of ether oxygens (including phenoxy) is 1. The van der Waals surface area contributed by atoms with Crippen molar-refractivity contribution in [2.24, 2.45) is 5.41 Å². The Balaban J connectivity index is 2.10. The van der Waals surface area contributed by atoms with E-state index in [2.05, 4.69) is 44.3 Å². The Kier molecular flexibility index (Phi) is 6.85. The highest BCUT2D eigenvalue weighted by Gasteiger charge is 2.22.